The molecule has 8 heteroatoms. The molecule has 1 spiro atoms. The molecule has 98 valence electrons. The van der Waals surface area contributed by atoms with Crippen molar-refractivity contribution in [1.29, 1.82) is 0 Å². The molecule has 0 aromatic carbocycles. The fraction of sp³-hybridized carbons (Fsp3) is 0.800. The molecule has 4 rings (SSSR count). The lowest BCUT2D eigenvalue weighted by Gasteiger charge is -2.37. The van der Waals surface area contributed by atoms with Gasteiger partial charge in [0.25, 0.3) is 11.6 Å². The highest BCUT2D eigenvalue weighted by Gasteiger charge is 2.75. The second-order valence-corrected chi connectivity index (χ2v) is 5.22. The summed E-state index contributed by atoms with van der Waals surface area (Å²) in [6, 6.07) is -0.632. The number of amides is 3. The Balaban J connectivity index is 1.82. The molecule has 4 aliphatic rings. The molecule has 4 fully saturated rings. The van der Waals surface area contributed by atoms with Gasteiger partial charge in [0.2, 0.25) is 0 Å². The van der Waals surface area contributed by atoms with E-state index in [-0.39, 0.29) is 6.61 Å². The quantitative estimate of drug-likeness (QED) is 0.565. The lowest BCUT2D eigenvalue weighted by molar-refractivity contribution is -0.332. The largest absolute Gasteiger partial charge is 0.351 e. The van der Waals surface area contributed by atoms with Crippen LogP contribution in [0.3, 0.4) is 0 Å². The van der Waals surface area contributed by atoms with E-state index in [1.54, 1.807) is 13.8 Å². The van der Waals surface area contributed by atoms with Crippen molar-refractivity contribution < 1.29 is 28.6 Å². The number of hydroxylamine groups is 2. The molecule has 4 atom stereocenters. The van der Waals surface area contributed by atoms with Crippen LogP contribution in [-0.2, 0) is 23.8 Å². The monoisotopic (exact) mass is 256 g/mol. The van der Waals surface area contributed by atoms with E-state index in [1.807, 2.05) is 0 Å². The number of imide groups is 1. The van der Waals surface area contributed by atoms with Crippen LogP contribution in [0, 0.1) is 0 Å². The zero-order valence-corrected chi connectivity index (χ0v) is 9.84. The number of carbonyl (C=O) groups excluding carboxylic acids is 2. The number of hydrogen-bond donors (Lipinski definition) is 1. The van der Waals surface area contributed by atoms with Gasteiger partial charge in [-0.3, -0.25) is 14.9 Å². The summed E-state index contributed by atoms with van der Waals surface area (Å²) in [4.78, 5) is 29.0. The first-order valence-corrected chi connectivity index (χ1v) is 5.76. The van der Waals surface area contributed by atoms with Gasteiger partial charge in [0, 0.05) is 0 Å². The minimum absolute atomic E-state index is 0.156. The SMILES string of the molecule is CC1(C)O[C@H]2[C@@H](O1)[C@@]13O[C@@H]2CON1C(=O)NC3=O. The Bertz CT molecular complexity index is 465. The van der Waals surface area contributed by atoms with E-state index in [9.17, 15) is 9.59 Å². The number of carbonyl (C=O) groups is 2. The lowest BCUT2D eigenvalue weighted by Crippen LogP contribution is -2.59. The molecule has 0 radical (unpaired) electrons. The minimum Gasteiger partial charge on any atom is -0.342 e. The molecule has 18 heavy (non-hydrogen) atoms. The number of urea groups is 1. The Morgan fingerprint density at radius 2 is 2.06 bits per heavy atom. The standard InChI is InChI=1S/C10H12N2O6/c1-9(2)17-5-4-3-15-12-8(14)11-7(13)10(12,16-4)6(5)18-9/h4-6H,3H2,1-2H3,(H,11,13,14)/t4-,5-,6-,10+/m1/s1. The fourth-order valence-corrected chi connectivity index (χ4v) is 2.99. The third-order valence-electron chi connectivity index (χ3n) is 3.61. The van der Waals surface area contributed by atoms with Crippen LogP contribution in [-0.4, -0.2) is 53.4 Å². The van der Waals surface area contributed by atoms with Gasteiger partial charge in [-0.15, -0.1) is 0 Å². The second-order valence-electron chi connectivity index (χ2n) is 5.22. The molecule has 8 nitrogen and oxygen atoms in total. The van der Waals surface area contributed by atoms with Crippen LogP contribution in [0.25, 0.3) is 0 Å². The van der Waals surface area contributed by atoms with E-state index in [0.29, 0.717) is 0 Å². The van der Waals surface area contributed by atoms with Crippen molar-refractivity contribution in [1.82, 2.24) is 10.4 Å². The van der Waals surface area contributed by atoms with Crippen LogP contribution in [0.1, 0.15) is 13.8 Å². The normalized spacial score (nSPS) is 48.1. The van der Waals surface area contributed by atoms with Gasteiger partial charge in [-0.25, -0.2) is 4.79 Å². The molecule has 2 bridgehead atoms. The van der Waals surface area contributed by atoms with Crippen molar-refractivity contribution in [2.24, 2.45) is 0 Å². The van der Waals surface area contributed by atoms with E-state index < -0.39 is 41.8 Å². The number of hydrogen-bond acceptors (Lipinski definition) is 6. The highest BCUT2D eigenvalue weighted by Crippen LogP contribution is 2.49. The predicted octanol–water partition coefficient (Wildman–Crippen LogP) is -0.901. The number of ether oxygens (including phenoxy) is 3. The second kappa shape index (κ2) is 2.85. The summed E-state index contributed by atoms with van der Waals surface area (Å²) in [6.45, 7) is 3.68. The average molecular weight is 256 g/mol. The molecular weight excluding hydrogens is 244 g/mol. The molecule has 1 N–H and O–H groups in total. The summed E-state index contributed by atoms with van der Waals surface area (Å²) < 4.78 is 17.1. The van der Waals surface area contributed by atoms with Crippen molar-refractivity contribution in [2.75, 3.05) is 6.61 Å². The van der Waals surface area contributed by atoms with Gasteiger partial charge in [0.05, 0.1) is 0 Å². The first-order valence-electron chi connectivity index (χ1n) is 5.76. The Morgan fingerprint density at radius 3 is 2.83 bits per heavy atom. The van der Waals surface area contributed by atoms with Crippen molar-refractivity contribution in [3.05, 3.63) is 0 Å². The molecule has 0 aliphatic carbocycles. The number of nitrogens with one attached hydrogen (secondary N) is 1. The Hall–Kier alpha value is -1.22. The predicted molar refractivity (Wildman–Crippen MR) is 52.8 cm³/mol. The van der Waals surface area contributed by atoms with E-state index >= 15 is 0 Å². The van der Waals surface area contributed by atoms with Crippen molar-refractivity contribution >= 4 is 11.9 Å². The molecule has 4 heterocycles. The van der Waals surface area contributed by atoms with E-state index in [0.717, 1.165) is 5.06 Å². The number of rotatable bonds is 0. The molecular formula is C10H12N2O6. The zero-order valence-electron chi connectivity index (χ0n) is 9.84. The topological polar surface area (TPSA) is 86.3 Å². The third kappa shape index (κ3) is 1.01. The maximum atomic E-state index is 12.0. The van der Waals surface area contributed by atoms with E-state index in [1.165, 1.54) is 0 Å². The summed E-state index contributed by atoms with van der Waals surface area (Å²) >= 11 is 0. The van der Waals surface area contributed by atoms with E-state index in [4.69, 9.17) is 19.0 Å². The smallest absolute Gasteiger partial charge is 0.342 e. The molecule has 4 aliphatic heterocycles. The summed E-state index contributed by atoms with van der Waals surface area (Å²) in [5.74, 6) is -1.37. The highest BCUT2D eigenvalue weighted by atomic mass is 16.8. The van der Waals surface area contributed by atoms with Gasteiger partial charge in [-0.1, -0.05) is 0 Å². The van der Waals surface area contributed by atoms with Crippen LogP contribution in [0.15, 0.2) is 0 Å². The molecule has 3 amide bonds. The van der Waals surface area contributed by atoms with Crippen LogP contribution in [0.5, 0.6) is 0 Å². The maximum Gasteiger partial charge on any atom is 0.351 e. The Kier molecular flexibility index (Phi) is 1.69. The lowest BCUT2D eigenvalue weighted by atomic mass is 10.0. The van der Waals surface area contributed by atoms with Gasteiger partial charge < -0.3 is 14.2 Å². The van der Waals surface area contributed by atoms with Gasteiger partial charge in [0.1, 0.15) is 24.9 Å². The Labute approximate surface area is 102 Å². The molecule has 0 saturated carbocycles. The van der Waals surface area contributed by atoms with Crippen LogP contribution >= 0.6 is 0 Å². The van der Waals surface area contributed by atoms with Gasteiger partial charge in [0.15, 0.2) is 5.79 Å². The summed E-state index contributed by atoms with van der Waals surface area (Å²) in [5, 5.41) is 3.11. The van der Waals surface area contributed by atoms with Crippen LogP contribution < -0.4 is 5.32 Å². The van der Waals surface area contributed by atoms with Crippen LogP contribution in [0.4, 0.5) is 4.79 Å². The average Bonchev–Trinajstić information content (AvgIpc) is 2.82. The zero-order chi connectivity index (χ0) is 12.7. The molecule has 0 aromatic heterocycles. The summed E-state index contributed by atoms with van der Waals surface area (Å²) in [6.07, 6.45) is -1.50. The van der Waals surface area contributed by atoms with Crippen LogP contribution in [0.2, 0.25) is 0 Å². The molecule has 4 saturated heterocycles. The van der Waals surface area contributed by atoms with Gasteiger partial charge >= 0.3 is 6.03 Å². The highest BCUT2D eigenvalue weighted by molar-refractivity contribution is 6.06. The van der Waals surface area contributed by atoms with Gasteiger partial charge in [-0.05, 0) is 13.8 Å². The maximum absolute atomic E-state index is 12.0. The Morgan fingerprint density at radius 1 is 1.28 bits per heavy atom. The molecule has 0 aromatic rings. The third-order valence-corrected chi connectivity index (χ3v) is 3.61. The summed E-state index contributed by atoms with van der Waals surface area (Å²) in [7, 11) is 0. The number of fused-ring (bicyclic) bond motifs is 3. The van der Waals surface area contributed by atoms with Crippen molar-refractivity contribution in [3.8, 4) is 0 Å². The number of nitrogens with zero attached hydrogens (tertiary/aromatic N) is 1. The van der Waals surface area contributed by atoms with Crippen molar-refractivity contribution in [2.45, 2.75) is 43.7 Å². The first kappa shape index (κ1) is 10.7. The fourth-order valence-electron chi connectivity index (χ4n) is 2.99. The van der Waals surface area contributed by atoms with E-state index in [2.05, 4.69) is 5.32 Å². The minimum atomic E-state index is -1.54. The molecule has 0 unspecified atom stereocenters. The first-order chi connectivity index (χ1) is 8.44. The van der Waals surface area contributed by atoms with Crippen molar-refractivity contribution in [3.63, 3.8) is 0 Å². The van der Waals surface area contributed by atoms with Gasteiger partial charge in [-0.2, -0.15) is 5.06 Å². The summed E-state index contributed by atoms with van der Waals surface area (Å²) in [5.41, 5.74) is -1.54.